The van der Waals surface area contributed by atoms with E-state index in [1.165, 1.54) is 5.56 Å². The van der Waals surface area contributed by atoms with Crippen molar-refractivity contribution in [2.45, 2.75) is 33.0 Å². The second-order valence-corrected chi connectivity index (χ2v) is 5.15. The fraction of sp³-hybridized carbons (Fsp3) is 0.615. The third kappa shape index (κ3) is 2.88. The molecule has 1 saturated heterocycles. The van der Waals surface area contributed by atoms with Gasteiger partial charge in [-0.15, -0.1) is 0 Å². The molecule has 0 amide bonds. The van der Waals surface area contributed by atoms with Gasteiger partial charge in [0.1, 0.15) is 18.4 Å². The summed E-state index contributed by atoms with van der Waals surface area (Å²) in [6.07, 6.45) is 3.41. The summed E-state index contributed by atoms with van der Waals surface area (Å²) in [6.45, 7) is 8.09. The van der Waals surface area contributed by atoms with Crippen LogP contribution in [-0.2, 0) is 17.8 Å². The molecule has 3 heterocycles. The Morgan fingerprint density at radius 2 is 2.30 bits per heavy atom. The molecule has 2 aromatic rings. The average Bonchev–Trinajstić information content (AvgIpc) is 3.04. The van der Waals surface area contributed by atoms with E-state index in [0.717, 1.165) is 44.2 Å². The molecule has 108 valence electrons. The molecule has 0 aromatic carbocycles. The molecule has 7 heteroatoms. The van der Waals surface area contributed by atoms with Gasteiger partial charge in [0.25, 0.3) is 0 Å². The molecule has 1 aliphatic rings. The highest BCUT2D eigenvalue weighted by Crippen LogP contribution is 2.17. The summed E-state index contributed by atoms with van der Waals surface area (Å²) >= 11 is 0. The van der Waals surface area contributed by atoms with Crippen LogP contribution in [0.2, 0.25) is 0 Å². The second kappa shape index (κ2) is 5.72. The fourth-order valence-corrected chi connectivity index (χ4v) is 2.52. The van der Waals surface area contributed by atoms with Crippen LogP contribution in [0.15, 0.2) is 17.2 Å². The molecule has 20 heavy (non-hydrogen) atoms. The number of hydrogen-bond acceptors (Lipinski definition) is 6. The molecule has 0 saturated carbocycles. The molecular weight excluding hydrogens is 258 g/mol. The maximum Gasteiger partial charge on any atom is 0.138 e. The smallest absolute Gasteiger partial charge is 0.138 e. The van der Waals surface area contributed by atoms with Crippen LogP contribution in [-0.4, -0.2) is 50.6 Å². The standard InChI is InChI=1S/C13H19N5O2/c1-10-13(11(2)20-16-10)7-17-3-4-19-12(5-17)6-18-9-14-8-15-18/h8-9,12H,3-7H2,1-2H3. The van der Waals surface area contributed by atoms with Gasteiger partial charge in [-0.25, -0.2) is 4.98 Å². The minimum atomic E-state index is 0.144. The number of hydrogen-bond donors (Lipinski definition) is 0. The number of morpholine rings is 1. The van der Waals surface area contributed by atoms with Crippen LogP contribution in [0.1, 0.15) is 17.0 Å². The number of nitrogens with zero attached hydrogens (tertiary/aromatic N) is 5. The van der Waals surface area contributed by atoms with Crippen molar-refractivity contribution >= 4 is 0 Å². The first-order valence-corrected chi connectivity index (χ1v) is 6.80. The topological polar surface area (TPSA) is 69.2 Å². The predicted octanol–water partition coefficient (Wildman–Crippen LogP) is 0.784. The van der Waals surface area contributed by atoms with Gasteiger partial charge in [0.15, 0.2) is 0 Å². The Morgan fingerprint density at radius 1 is 1.40 bits per heavy atom. The maximum absolute atomic E-state index is 5.79. The van der Waals surface area contributed by atoms with Crippen LogP contribution in [0.3, 0.4) is 0 Å². The minimum Gasteiger partial charge on any atom is -0.374 e. The molecule has 1 fully saturated rings. The first-order valence-electron chi connectivity index (χ1n) is 6.80. The molecule has 7 nitrogen and oxygen atoms in total. The lowest BCUT2D eigenvalue weighted by Gasteiger charge is -2.32. The number of aryl methyl sites for hydroxylation is 2. The molecule has 0 aliphatic carbocycles. The van der Waals surface area contributed by atoms with Gasteiger partial charge in [0, 0.05) is 25.2 Å². The van der Waals surface area contributed by atoms with Crippen molar-refractivity contribution in [2.75, 3.05) is 19.7 Å². The molecule has 0 radical (unpaired) electrons. The van der Waals surface area contributed by atoms with E-state index in [4.69, 9.17) is 9.26 Å². The van der Waals surface area contributed by atoms with Crippen LogP contribution < -0.4 is 0 Å². The SMILES string of the molecule is Cc1noc(C)c1CN1CCOC(Cn2cncn2)C1. The Kier molecular flexibility index (Phi) is 3.79. The first kappa shape index (κ1) is 13.3. The predicted molar refractivity (Wildman–Crippen MR) is 71.0 cm³/mol. The van der Waals surface area contributed by atoms with Gasteiger partial charge in [-0.05, 0) is 13.8 Å². The van der Waals surface area contributed by atoms with Crippen molar-refractivity contribution in [1.82, 2.24) is 24.8 Å². The zero-order valence-electron chi connectivity index (χ0n) is 11.8. The Hall–Kier alpha value is -1.73. The lowest BCUT2D eigenvalue weighted by atomic mass is 10.1. The molecule has 1 unspecified atom stereocenters. The van der Waals surface area contributed by atoms with E-state index in [9.17, 15) is 0 Å². The Balaban J connectivity index is 1.60. The molecule has 0 N–H and O–H groups in total. The van der Waals surface area contributed by atoms with Gasteiger partial charge in [-0.2, -0.15) is 5.10 Å². The van der Waals surface area contributed by atoms with E-state index >= 15 is 0 Å². The highest BCUT2D eigenvalue weighted by molar-refractivity contribution is 5.20. The van der Waals surface area contributed by atoms with Crippen LogP contribution in [0.5, 0.6) is 0 Å². The molecule has 1 aliphatic heterocycles. The first-order chi connectivity index (χ1) is 9.72. The number of ether oxygens (including phenoxy) is 1. The summed E-state index contributed by atoms with van der Waals surface area (Å²) in [5.74, 6) is 0.904. The van der Waals surface area contributed by atoms with Crippen molar-refractivity contribution in [1.29, 1.82) is 0 Å². The summed E-state index contributed by atoms with van der Waals surface area (Å²) in [5.41, 5.74) is 2.16. The lowest BCUT2D eigenvalue weighted by molar-refractivity contribution is -0.0404. The largest absolute Gasteiger partial charge is 0.374 e. The van der Waals surface area contributed by atoms with Crippen LogP contribution in [0.4, 0.5) is 0 Å². The molecule has 2 aromatic heterocycles. The monoisotopic (exact) mass is 277 g/mol. The summed E-state index contributed by atoms with van der Waals surface area (Å²) in [5, 5.41) is 8.13. The van der Waals surface area contributed by atoms with Gasteiger partial charge in [-0.1, -0.05) is 5.16 Å². The average molecular weight is 277 g/mol. The van der Waals surface area contributed by atoms with E-state index < -0.39 is 0 Å². The van der Waals surface area contributed by atoms with E-state index in [1.807, 2.05) is 18.5 Å². The zero-order valence-corrected chi connectivity index (χ0v) is 11.8. The number of aromatic nitrogens is 4. The Morgan fingerprint density at radius 3 is 3.00 bits per heavy atom. The Bertz CT molecular complexity index is 532. The fourth-order valence-electron chi connectivity index (χ4n) is 2.52. The van der Waals surface area contributed by atoms with Gasteiger partial charge in [-0.3, -0.25) is 9.58 Å². The highest BCUT2D eigenvalue weighted by Gasteiger charge is 2.23. The second-order valence-electron chi connectivity index (χ2n) is 5.15. The molecular formula is C13H19N5O2. The summed E-state index contributed by atoms with van der Waals surface area (Å²) in [6, 6.07) is 0. The van der Waals surface area contributed by atoms with E-state index in [0.29, 0.717) is 0 Å². The van der Waals surface area contributed by atoms with Gasteiger partial charge in [0.2, 0.25) is 0 Å². The molecule has 1 atom stereocenters. The summed E-state index contributed by atoms with van der Waals surface area (Å²) < 4.78 is 12.8. The minimum absolute atomic E-state index is 0.144. The van der Waals surface area contributed by atoms with E-state index in [1.54, 1.807) is 12.7 Å². The van der Waals surface area contributed by atoms with E-state index in [-0.39, 0.29) is 6.10 Å². The van der Waals surface area contributed by atoms with Crippen molar-refractivity contribution in [3.8, 4) is 0 Å². The van der Waals surface area contributed by atoms with E-state index in [2.05, 4.69) is 20.1 Å². The van der Waals surface area contributed by atoms with Gasteiger partial charge < -0.3 is 9.26 Å². The van der Waals surface area contributed by atoms with Crippen LogP contribution >= 0.6 is 0 Å². The van der Waals surface area contributed by atoms with Crippen LogP contribution in [0.25, 0.3) is 0 Å². The summed E-state index contributed by atoms with van der Waals surface area (Å²) in [4.78, 5) is 6.33. The van der Waals surface area contributed by atoms with Crippen LogP contribution in [0, 0.1) is 13.8 Å². The third-order valence-electron chi connectivity index (χ3n) is 3.64. The van der Waals surface area contributed by atoms with Crippen molar-refractivity contribution in [3.63, 3.8) is 0 Å². The quantitative estimate of drug-likeness (QED) is 0.822. The Labute approximate surface area is 117 Å². The highest BCUT2D eigenvalue weighted by atomic mass is 16.5. The van der Waals surface area contributed by atoms with Gasteiger partial charge in [0.05, 0.1) is 24.9 Å². The maximum atomic E-state index is 5.79. The zero-order chi connectivity index (χ0) is 13.9. The third-order valence-corrected chi connectivity index (χ3v) is 3.64. The number of rotatable bonds is 4. The van der Waals surface area contributed by atoms with Crippen molar-refractivity contribution in [3.05, 3.63) is 29.7 Å². The normalized spacial score (nSPS) is 20.4. The summed E-state index contributed by atoms with van der Waals surface area (Å²) in [7, 11) is 0. The molecule has 3 rings (SSSR count). The van der Waals surface area contributed by atoms with Crippen molar-refractivity contribution in [2.24, 2.45) is 0 Å². The van der Waals surface area contributed by atoms with Crippen molar-refractivity contribution < 1.29 is 9.26 Å². The van der Waals surface area contributed by atoms with Gasteiger partial charge >= 0.3 is 0 Å². The molecule has 0 spiro atoms. The lowest BCUT2D eigenvalue weighted by Crippen LogP contribution is -2.43. The molecule has 0 bridgehead atoms.